The second kappa shape index (κ2) is 13.0. The summed E-state index contributed by atoms with van der Waals surface area (Å²) >= 11 is 0. The summed E-state index contributed by atoms with van der Waals surface area (Å²) in [5.41, 5.74) is 16.8. The Morgan fingerprint density at radius 2 is 0.820 bits per heavy atom. The highest BCUT2D eigenvalue weighted by Gasteiger charge is 2.36. The summed E-state index contributed by atoms with van der Waals surface area (Å²) in [6.07, 6.45) is 0. The van der Waals surface area contributed by atoms with E-state index in [4.69, 9.17) is 0 Å². The van der Waals surface area contributed by atoms with Gasteiger partial charge in [-0.3, -0.25) is 0 Å². The first kappa shape index (κ1) is 35.9. The summed E-state index contributed by atoms with van der Waals surface area (Å²) in [6, 6.07) is 71.2. The molecule has 1 aliphatic rings. The van der Waals surface area contributed by atoms with Gasteiger partial charge >= 0.3 is 0 Å². The van der Waals surface area contributed by atoms with E-state index >= 15 is 0 Å². The highest BCUT2D eigenvalue weighted by atomic mass is 14.4. The highest BCUT2D eigenvalue weighted by Crippen LogP contribution is 2.51. The van der Waals surface area contributed by atoms with E-state index in [1.54, 1.807) is 0 Å². The van der Waals surface area contributed by atoms with Crippen molar-refractivity contribution >= 4 is 53.9 Å². The van der Waals surface area contributed by atoms with Gasteiger partial charge in [-0.05, 0) is 162 Å². The number of benzene rings is 11. The van der Waals surface area contributed by atoms with Crippen LogP contribution in [0.4, 0.5) is 0 Å². The maximum absolute atomic E-state index is 2.45. The molecule has 0 fully saturated rings. The van der Waals surface area contributed by atoms with Crippen LogP contribution in [0.3, 0.4) is 0 Å². The Hall–Kier alpha value is -7.02. The normalized spacial score (nSPS) is 13.5. The topological polar surface area (TPSA) is 0 Å². The first-order valence-electron chi connectivity index (χ1n) is 21.7. The fourth-order valence-electron chi connectivity index (χ4n) is 10.6. The Bertz CT molecular complexity index is 3570. The third kappa shape index (κ3) is 5.52. The fourth-order valence-corrected chi connectivity index (χ4v) is 10.6. The quantitative estimate of drug-likeness (QED) is 0.156. The van der Waals surface area contributed by atoms with Gasteiger partial charge in [0.15, 0.2) is 0 Å². The lowest BCUT2D eigenvalue weighted by Crippen LogP contribution is -2.15. The van der Waals surface area contributed by atoms with Gasteiger partial charge in [0.25, 0.3) is 0 Å². The minimum Gasteiger partial charge on any atom is -0.0616 e. The van der Waals surface area contributed by atoms with E-state index in [9.17, 15) is 0 Å². The molecule has 61 heavy (non-hydrogen) atoms. The molecule has 0 aromatic heterocycles. The molecule has 0 heterocycles. The maximum Gasteiger partial charge on any atom is 0.0159 e. The molecular formula is C61H46. The smallest absolute Gasteiger partial charge is 0.0159 e. The summed E-state index contributed by atoms with van der Waals surface area (Å²) in [5, 5.41) is 13.1. The largest absolute Gasteiger partial charge is 0.0616 e. The van der Waals surface area contributed by atoms with Crippen molar-refractivity contribution in [2.45, 2.75) is 45.4 Å². The average Bonchev–Trinajstić information content (AvgIpc) is 3.52. The summed E-state index contributed by atoms with van der Waals surface area (Å²) in [4.78, 5) is 0. The van der Waals surface area contributed by atoms with Crippen LogP contribution in [0.1, 0.15) is 51.3 Å². The molecule has 12 rings (SSSR count). The van der Waals surface area contributed by atoms with Crippen molar-refractivity contribution in [3.05, 3.63) is 205 Å². The molecule has 0 spiro atoms. The molecule has 0 bridgehead atoms. The molecule has 11 aromatic carbocycles. The van der Waals surface area contributed by atoms with E-state index in [1.165, 1.54) is 126 Å². The van der Waals surface area contributed by atoms with Crippen molar-refractivity contribution in [2.24, 2.45) is 0 Å². The van der Waals surface area contributed by atoms with Crippen molar-refractivity contribution in [2.75, 3.05) is 0 Å². The van der Waals surface area contributed by atoms with Gasteiger partial charge in [-0.1, -0.05) is 192 Å². The maximum atomic E-state index is 2.45. The number of hydrogen-bond donors (Lipinski definition) is 0. The summed E-state index contributed by atoms with van der Waals surface area (Å²) in [5.74, 6) is 0. The van der Waals surface area contributed by atoms with Crippen LogP contribution in [-0.2, 0) is 10.8 Å². The lowest BCUT2D eigenvalue weighted by Gasteiger charge is -2.23. The fraction of sp³-hybridized carbons (Fsp3) is 0.115. The average molecular weight is 779 g/mol. The van der Waals surface area contributed by atoms with Gasteiger partial charge in [0.05, 0.1) is 0 Å². The Labute approximate surface area is 358 Å². The van der Waals surface area contributed by atoms with E-state index in [2.05, 4.69) is 223 Å². The van der Waals surface area contributed by atoms with E-state index in [-0.39, 0.29) is 10.8 Å². The van der Waals surface area contributed by atoms with Gasteiger partial charge in [0.1, 0.15) is 0 Å². The zero-order valence-corrected chi connectivity index (χ0v) is 35.4. The molecule has 0 heteroatoms. The summed E-state index contributed by atoms with van der Waals surface area (Å²) in [7, 11) is 0. The molecule has 0 atom stereocenters. The molecule has 0 amide bonds. The summed E-state index contributed by atoms with van der Waals surface area (Å²) < 4.78 is 0. The van der Waals surface area contributed by atoms with E-state index in [1.807, 2.05) is 0 Å². The Morgan fingerprint density at radius 1 is 0.311 bits per heavy atom. The van der Waals surface area contributed by atoms with E-state index in [0.29, 0.717) is 0 Å². The lowest BCUT2D eigenvalue weighted by atomic mass is 9.80. The molecule has 11 aromatic rings. The van der Waals surface area contributed by atoms with Crippen LogP contribution in [0.25, 0.3) is 109 Å². The van der Waals surface area contributed by atoms with Gasteiger partial charge in [-0.25, -0.2) is 0 Å². The molecule has 0 radical (unpaired) electrons. The van der Waals surface area contributed by atoms with Crippen molar-refractivity contribution in [1.29, 1.82) is 0 Å². The van der Waals surface area contributed by atoms with E-state index in [0.717, 1.165) is 0 Å². The molecule has 0 saturated carbocycles. The first-order chi connectivity index (χ1) is 29.6. The Kier molecular flexibility index (Phi) is 7.64. The van der Waals surface area contributed by atoms with Gasteiger partial charge < -0.3 is 0 Å². The standard InChI is InChI=1S/C61H46/c1-60(2,3)47-32-45-21-20-37-22-26-49(54-29-25-46(33-47)58(45)59(37)54)42-15-10-13-38(30-42)40-23-27-52-53-28-24-41(36-57(53)61(4,5)56(52)35-40)39-14-11-16-43(31-39)55-34-44-12-6-7-17-48(44)50-18-8-9-19-51(50)55/h6-36H,1-5H3. The second-order valence-corrected chi connectivity index (χ2v) is 18.9. The minimum absolute atomic E-state index is 0.0942. The molecular weight excluding hydrogens is 733 g/mol. The first-order valence-corrected chi connectivity index (χ1v) is 21.7. The van der Waals surface area contributed by atoms with Crippen molar-refractivity contribution < 1.29 is 0 Å². The van der Waals surface area contributed by atoms with Crippen molar-refractivity contribution in [3.63, 3.8) is 0 Å². The molecule has 0 nitrogen and oxygen atoms in total. The van der Waals surface area contributed by atoms with Crippen LogP contribution in [0.2, 0.25) is 0 Å². The summed E-state index contributed by atoms with van der Waals surface area (Å²) in [6.45, 7) is 11.7. The molecule has 1 aliphatic carbocycles. The SMILES string of the molecule is CC(C)(C)c1cc2ccc3ccc(-c4cccc(-c5ccc6c(c5)C(C)(C)c5cc(-c7cccc(-c8cc9ccccc9c9ccccc89)c7)ccc5-6)c4)c4ccc(c1)c2c34. The van der Waals surface area contributed by atoms with Crippen LogP contribution in [0.5, 0.6) is 0 Å². The molecule has 290 valence electrons. The molecule has 0 saturated heterocycles. The second-order valence-electron chi connectivity index (χ2n) is 18.9. The highest BCUT2D eigenvalue weighted by molar-refractivity contribution is 6.25. The predicted molar refractivity (Wildman–Crippen MR) is 263 cm³/mol. The zero-order valence-electron chi connectivity index (χ0n) is 35.4. The Balaban J connectivity index is 0.902. The van der Waals surface area contributed by atoms with Gasteiger partial charge in [0.2, 0.25) is 0 Å². The van der Waals surface area contributed by atoms with Crippen LogP contribution < -0.4 is 0 Å². The minimum atomic E-state index is -0.153. The number of hydrogen-bond acceptors (Lipinski definition) is 0. The third-order valence-electron chi connectivity index (χ3n) is 13.9. The van der Waals surface area contributed by atoms with Gasteiger partial charge in [-0.2, -0.15) is 0 Å². The zero-order chi connectivity index (χ0) is 41.2. The predicted octanol–water partition coefficient (Wildman–Crippen LogP) is 17.2. The van der Waals surface area contributed by atoms with Crippen LogP contribution >= 0.6 is 0 Å². The van der Waals surface area contributed by atoms with E-state index < -0.39 is 0 Å². The monoisotopic (exact) mass is 778 g/mol. The van der Waals surface area contributed by atoms with Crippen LogP contribution in [-0.4, -0.2) is 0 Å². The number of rotatable bonds is 4. The Morgan fingerprint density at radius 3 is 1.48 bits per heavy atom. The lowest BCUT2D eigenvalue weighted by molar-refractivity contribution is 0.591. The van der Waals surface area contributed by atoms with Crippen LogP contribution in [0.15, 0.2) is 188 Å². The molecule has 0 unspecified atom stereocenters. The van der Waals surface area contributed by atoms with Crippen LogP contribution in [0, 0.1) is 0 Å². The molecule has 0 N–H and O–H groups in total. The van der Waals surface area contributed by atoms with Gasteiger partial charge in [0, 0.05) is 5.41 Å². The van der Waals surface area contributed by atoms with Gasteiger partial charge in [-0.15, -0.1) is 0 Å². The third-order valence-corrected chi connectivity index (χ3v) is 13.9. The number of fused-ring (bicyclic) bond motifs is 6. The molecule has 0 aliphatic heterocycles. The van der Waals surface area contributed by atoms with Crippen molar-refractivity contribution in [3.8, 4) is 55.6 Å². The van der Waals surface area contributed by atoms with Crippen molar-refractivity contribution in [1.82, 2.24) is 0 Å².